The van der Waals surface area contributed by atoms with Gasteiger partial charge in [0.1, 0.15) is 0 Å². The van der Waals surface area contributed by atoms with Crippen molar-refractivity contribution < 1.29 is 0 Å². The first kappa shape index (κ1) is 32.3. The van der Waals surface area contributed by atoms with Crippen molar-refractivity contribution in [2.45, 2.75) is 11.8 Å². The molecule has 1 aliphatic heterocycles. The maximum atomic E-state index is 5.11. The van der Waals surface area contributed by atoms with Crippen molar-refractivity contribution in [3.05, 3.63) is 228 Å². The molecule has 0 saturated carbocycles. The molecule has 13 rings (SSSR count). The van der Waals surface area contributed by atoms with E-state index in [4.69, 9.17) is 9.97 Å². The van der Waals surface area contributed by atoms with Crippen LogP contribution in [-0.4, -0.2) is 19.1 Å². The highest BCUT2D eigenvalue weighted by molar-refractivity contribution is 6.10. The molecule has 0 atom stereocenters. The van der Waals surface area contributed by atoms with E-state index in [1.807, 2.05) is 12.4 Å². The van der Waals surface area contributed by atoms with Gasteiger partial charge in [-0.3, -0.25) is 9.97 Å². The standard InChI is InChI=1S/C54H35N5/c1-2-4-16-35(15-3-1)57-50-29-27-36(58-46-23-9-5-17-38(46)39-18-6-10-24-47(39)58)33-44(50)54(42-21-13-31-55-52(42)53-43(54)22-14-32-56-53)45-34-37(28-30-51(45)57)59-48-25-11-7-19-40(48)41-20-8-12-26-49(41)59/h1-15,17-34H,16H2. The van der Waals surface area contributed by atoms with Gasteiger partial charge in [-0.2, -0.15) is 0 Å². The number of aromatic nitrogens is 4. The van der Waals surface area contributed by atoms with Gasteiger partial charge in [-0.25, -0.2) is 0 Å². The molecule has 0 radical (unpaired) electrons. The third-order valence-electron chi connectivity index (χ3n) is 12.8. The van der Waals surface area contributed by atoms with Crippen LogP contribution >= 0.6 is 0 Å². The van der Waals surface area contributed by atoms with Gasteiger partial charge in [0.15, 0.2) is 0 Å². The van der Waals surface area contributed by atoms with Crippen LogP contribution in [0.2, 0.25) is 0 Å². The number of pyridine rings is 2. The summed E-state index contributed by atoms with van der Waals surface area (Å²) in [5.74, 6) is 0. The molecule has 5 heterocycles. The van der Waals surface area contributed by atoms with Crippen LogP contribution in [0.5, 0.6) is 0 Å². The van der Waals surface area contributed by atoms with Crippen molar-refractivity contribution in [1.29, 1.82) is 0 Å². The summed E-state index contributed by atoms with van der Waals surface area (Å²) in [5, 5.41) is 4.96. The summed E-state index contributed by atoms with van der Waals surface area (Å²) in [7, 11) is 0. The van der Waals surface area contributed by atoms with E-state index in [0.717, 1.165) is 51.7 Å². The Kier molecular flexibility index (Phi) is 6.64. The summed E-state index contributed by atoms with van der Waals surface area (Å²) in [4.78, 5) is 12.7. The second-order valence-electron chi connectivity index (χ2n) is 15.7. The van der Waals surface area contributed by atoms with Crippen molar-refractivity contribution in [3.63, 3.8) is 0 Å². The molecule has 0 bridgehead atoms. The average molecular weight is 754 g/mol. The van der Waals surface area contributed by atoms with E-state index in [0.29, 0.717) is 0 Å². The summed E-state index contributed by atoms with van der Waals surface area (Å²) in [6.07, 6.45) is 15.6. The zero-order chi connectivity index (χ0) is 38.7. The van der Waals surface area contributed by atoms with Crippen molar-refractivity contribution in [1.82, 2.24) is 19.1 Å². The van der Waals surface area contributed by atoms with Crippen LogP contribution in [0.15, 0.2) is 206 Å². The quantitative estimate of drug-likeness (QED) is 0.180. The molecule has 10 aromatic rings. The van der Waals surface area contributed by atoms with E-state index in [1.54, 1.807) is 0 Å². The largest absolute Gasteiger partial charge is 0.313 e. The van der Waals surface area contributed by atoms with Crippen molar-refractivity contribution in [2.24, 2.45) is 0 Å². The molecule has 4 aromatic heterocycles. The van der Waals surface area contributed by atoms with Crippen LogP contribution in [0.25, 0.3) is 66.4 Å². The Morgan fingerprint density at radius 1 is 0.424 bits per heavy atom. The minimum Gasteiger partial charge on any atom is -0.313 e. The number of benzene rings is 6. The van der Waals surface area contributed by atoms with Gasteiger partial charge in [-0.1, -0.05) is 109 Å². The lowest BCUT2D eigenvalue weighted by molar-refractivity contribution is 0.741. The lowest BCUT2D eigenvalue weighted by Gasteiger charge is -2.45. The Balaban J connectivity index is 1.19. The fraction of sp³-hybridized carbons (Fsp3) is 0.0370. The molecule has 0 N–H and O–H groups in total. The van der Waals surface area contributed by atoms with Gasteiger partial charge in [0.05, 0.1) is 50.2 Å². The Hall–Kier alpha value is -7.76. The summed E-state index contributed by atoms with van der Waals surface area (Å²) in [6.45, 7) is 0. The molecule has 0 fully saturated rings. The number of hydrogen-bond acceptors (Lipinski definition) is 3. The average Bonchev–Trinajstić information content (AvgIpc) is 3.81. The molecule has 0 unspecified atom stereocenters. The SMILES string of the molecule is C1=CC=C(N2c3ccc(-n4c5ccccc5c5ccccc54)cc3C3(c4cc(-n5c6ccccc6c6ccccc65)ccc42)c2cccnc2-c2ncccc23)CC=C1. The Morgan fingerprint density at radius 2 is 0.881 bits per heavy atom. The number of anilines is 2. The number of hydrogen-bond donors (Lipinski definition) is 0. The summed E-state index contributed by atoms with van der Waals surface area (Å²) in [5.41, 5.74) is 16.2. The predicted molar refractivity (Wildman–Crippen MR) is 241 cm³/mol. The molecule has 5 heteroatoms. The molecular weight excluding hydrogens is 719 g/mol. The molecule has 5 nitrogen and oxygen atoms in total. The molecule has 59 heavy (non-hydrogen) atoms. The number of para-hydroxylation sites is 4. The maximum absolute atomic E-state index is 5.11. The van der Waals surface area contributed by atoms with Crippen LogP contribution in [-0.2, 0) is 5.41 Å². The van der Waals surface area contributed by atoms with Gasteiger partial charge in [0.2, 0.25) is 0 Å². The van der Waals surface area contributed by atoms with Gasteiger partial charge < -0.3 is 14.0 Å². The van der Waals surface area contributed by atoms with E-state index in [1.165, 1.54) is 60.4 Å². The van der Waals surface area contributed by atoms with Crippen LogP contribution in [0.4, 0.5) is 11.4 Å². The summed E-state index contributed by atoms with van der Waals surface area (Å²) >= 11 is 0. The van der Waals surface area contributed by atoms with Gasteiger partial charge in [0, 0.05) is 57.4 Å². The first-order chi connectivity index (χ1) is 29.3. The van der Waals surface area contributed by atoms with Gasteiger partial charge in [-0.15, -0.1) is 0 Å². The molecule has 6 aromatic carbocycles. The highest BCUT2D eigenvalue weighted by Gasteiger charge is 2.53. The molecule has 276 valence electrons. The second kappa shape index (κ2) is 12.1. The minimum atomic E-state index is -0.741. The zero-order valence-corrected chi connectivity index (χ0v) is 32.0. The van der Waals surface area contributed by atoms with Crippen molar-refractivity contribution in [3.8, 4) is 22.8 Å². The van der Waals surface area contributed by atoms with Gasteiger partial charge >= 0.3 is 0 Å². The van der Waals surface area contributed by atoms with E-state index < -0.39 is 5.41 Å². The van der Waals surface area contributed by atoms with Gasteiger partial charge in [0.25, 0.3) is 0 Å². The molecule has 0 amide bonds. The van der Waals surface area contributed by atoms with E-state index in [2.05, 4.69) is 202 Å². The third kappa shape index (κ3) is 4.28. The van der Waals surface area contributed by atoms with Crippen LogP contribution in [0, 0.1) is 0 Å². The second-order valence-corrected chi connectivity index (χ2v) is 15.7. The number of fused-ring (bicyclic) bond motifs is 15. The number of rotatable bonds is 3. The topological polar surface area (TPSA) is 38.9 Å². The number of allylic oxidation sites excluding steroid dienone is 5. The fourth-order valence-electron chi connectivity index (χ4n) is 10.6. The molecule has 3 aliphatic rings. The van der Waals surface area contributed by atoms with E-state index in [9.17, 15) is 0 Å². The van der Waals surface area contributed by atoms with Crippen LogP contribution < -0.4 is 4.90 Å². The Morgan fingerprint density at radius 3 is 1.36 bits per heavy atom. The van der Waals surface area contributed by atoms with Crippen molar-refractivity contribution >= 4 is 55.0 Å². The monoisotopic (exact) mass is 753 g/mol. The first-order valence-electron chi connectivity index (χ1n) is 20.3. The normalized spacial score (nSPS) is 14.8. The summed E-state index contributed by atoms with van der Waals surface area (Å²) in [6, 6.07) is 58.0. The van der Waals surface area contributed by atoms with Crippen LogP contribution in [0.1, 0.15) is 28.7 Å². The van der Waals surface area contributed by atoms with Gasteiger partial charge in [-0.05, 0) is 101 Å². The Bertz CT molecular complexity index is 3180. The highest BCUT2D eigenvalue weighted by atomic mass is 15.2. The Labute approximate surface area is 340 Å². The highest BCUT2D eigenvalue weighted by Crippen LogP contribution is 2.63. The predicted octanol–water partition coefficient (Wildman–Crippen LogP) is 12.9. The smallest absolute Gasteiger partial charge is 0.0937 e. The fourth-order valence-corrected chi connectivity index (χ4v) is 10.6. The maximum Gasteiger partial charge on any atom is 0.0937 e. The van der Waals surface area contributed by atoms with E-state index >= 15 is 0 Å². The minimum absolute atomic E-state index is 0.741. The lowest BCUT2D eigenvalue weighted by Crippen LogP contribution is -2.37. The third-order valence-corrected chi connectivity index (χ3v) is 12.8. The van der Waals surface area contributed by atoms with Crippen molar-refractivity contribution in [2.75, 3.05) is 4.90 Å². The molecule has 1 spiro atoms. The molecule has 2 aliphatic carbocycles. The lowest BCUT2D eigenvalue weighted by atomic mass is 9.64. The first-order valence-corrected chi connectivity index (χ1v) is 20.3. The summed E-state index contributed by atoms with van der Waals surface area (Å²) < 4.78 is 4.87. The van der Waals surface area contributed by atoms with Crippen LogP contribution in [0.3, 0.4) is 0 Å². The zero-order valence-electron chi connectivity index (χ0n) is 32.0. The molecule has 0 saturated heterocycles. The van der Waals surface area contributed by atoms with E-state index in [-0.39, 0.29) is 0 Å². The number of nitrogens with zero attached hydrogens (tertiary/aromatic N) is 5. The molecular formula is C54H35N5.